The highest BCUT2D eigenvalue weighted by molar-refractivity contribution is 5.96. The summed E-state index contributed by atoms with van der Waals surface area (Å²) in [5.74, 6) is -0.379. The Hall–Kier alpha value is -1.55. The van der Waals surface area contributed by atoms with Gasteiger partial charge in [0.2, 0.25) is 0 Å². The van der Waals surface area contributed by atoms with Crippen LogP contribution < -0.4 is 5.73 Å². The predicted octanol–water partition coefficient (Wildman–Crippen LogP) is 2.68. The van der Waals surface area contributed by atoms with Crippen molar-refractivity contribution in [2.24, 2.45) is 0 Å². The SMILES string of the molecule is CCC(C)(C)N(C)Cc1cccc(N)c1C(=O)OC. The number of methoxy groups -OCH3 is 1. The first-order valence-electron chi connectivity index (χ1n) is 6.50. The van der Waals surface area contributed by atoms with E-state index in [2.05, 4.69) is 25.7 Å². The predicted molar refractivity (Wildman–Crippen MR) is 78.0 cm³/mol. The number of nitrogens with two attached hydrogens (primary N) is 1. The molecule has 4 heteroatoms. The maximum Gasteiger partial charge on any atom is 0.340 e. The van der Waals surface area contributed by atoms with Gasteiger partial charge in [0, 0.05) is 17.8 Å². The molecule has 0 aliphatic rings. The van der Waals surface area contributed by atoms with Gasteiger partial charge in [-0.3, -0.25) is 4.90 Å². The Balaban J connectivity index is 3.08. The van der Waals surface area contributed by atoms with Gasteiger partial charge in [0.15, 0.2) is 0 Å². The highest BCUT2D eigenvalue weighted by atomic mass is 16.5. The quantitative estimate of drug-likeness (QED) is 0.656. The third-order valence-electron chi connectivity index (χ3n) is 3.88. The van der Waals surface area contributed by atoms with Gasteiger partial charge in [-0.25, -0.2) is 4.79 Å². The van der Waals surface area contributed by atoms with Crippen LogP contribution in [0.4, 0.5) is 5.69 Å². The van der Waals surface area contributed by atoms with E-state index < -0.39 is 0 Å². The molecule has 0 heterocycles. The number of ether oxygens (including phenoxy) is 1. The van der Waals surface area contributed by atoms with Crippen molar-refractivity contribution in [3.05, 3.63) is 29.3 Å². The summed E-state index contributed by atoms with van der Waals surface area (Å²) in [4.78, 5) is 14.1. The maximum atomic E-state index is 11.8. The minimum Gasteiger partial charge on any atom is -0.465 e. The first kappa shape index (κ1) is 15.5. The van der Waals surface area contributed by atoms with Gasteiger partial charge in [-0.05, 0) is 38.9 Å². The molecular formula is C15H24N2O2. The molecule has 0 radical (unpaired) electrons. The van der Waals surface area contributed by atoms with Gasteiger partial charge in [0.05, 0.1) is 12.7 Å². The van der Waals surface area contributed by atoms with Crippen LogP contribution in [0, 0.1) is 0 Å². The molecule has 2 N–H and O–H groups in total. The van der Waals surface area contributed by atoms with Gasteiger partial charge >= 0.3 is 5.97 Å². The third kappa shape index (κ3) is 3.47. The zero-order chi connectivity index (χ0) is 14.6. The minimum absolute atomic E-state index is 0.0675. The van der Waals surface area contributed by atoms with Crippen molar-refractivity contribution in [2.45, 2.75) is 39.3 Å². The summed E-state index contributed by atoms with van der Waals surface area (Å²) in [6.07, 6.45) is 1.03. The number of nitrogen functional groups attached to an aromatic ring is 1. The number of carbonyl (C=O) groups excluding carboxylic acids is 1. The van der Waals surface area contributed by atoms with Crippen molar-refractivity contribution in [2.75, 3.05) is 19.9 Å². The van der Waals surface area contributed by atoms with Gasteiger partial charge in [-0.2, -0.15) is 0 Å². The summed E-state index contributed by atoms with van der Waals surface area (Å²) in [7, 11) is 3.42. The van der Waals surface area contributed by atoms with Crippen LogP contribution in [0.1, 0.15) is 43.1 Å². The highest BCUT2D eigenvalue weighted by Crippen LogP contribution is 2.24. The van der Waals surface area contributed by atoms with Crippen LogP contribution in [0.5, 0.6) is 0 Å². The summed E-state index contributed by atoms with van der Waals surface area (Å²) in [6, 6.07) is 5.51. The lowest BCUT2D eigenvalue weighted by atomic mass is 9.97. The number of carbonyl (C=O) groups is 1. The normalized spacial score (nSPS) is 11.7. The van der Waals surface area contributed by atoms with Crippen LogP contribution in [0.2, 0.25) is 0 Å². The van der Waals surface area contributed by atoms with E-state index in [-0.39, 0.29) is 11.5 Å². The Morgan fingerprint density at radius 2 is 2.05 bits per heavy atom. The lowest BCUT2D eigenvalue weighted by Crippen LogP contribution is -2.40. The van der Waals surface area contributed by atoms with Crippen molar-refractivity contribution < 1.29 is 9.53 Å². The van der Waals surface area contributed by atoms with E-state index in [1.807, 2.05) is 19.2 Å². The zero-order valence-corrected chi connectivity index (χ0v) is 12.5. The van der Waals surface area contributed by atoms with E-state index in [1.165, 1.54) is 7.11 Å². The molecule has 0 fully saturated rings. The van der Waals surface area contributed by atoms with Crippen LogP contribution in [-0.2, 0) is 11.3 Å². The summed E-state index contributed by atoms with van der Waals surface area (Å²) < 4.78 is 4.81. The van der Waals surface area contributed by atoms with Gasteiger partial charge in [0.1, 0.15) is 0 Å². The van der Waals surface area contributed by atoms with E-state index in [0.717, 1.165) is 12.0 Å². The zero-order valence-electron chi connectivity index (χ0n) is 12.5. The largest absolute Gasteiger partial charge is 0.465 e. The highest BCUT2D eigenvalue weighted by Gasteiger charge is 2.23. The fourth-order valence-electron chi connectivity index (χ4n) is 1.84. The Bertz CT molecular complexity index is 455. The van der Waals surface area contributed by atoms with Crippen molar-refractivity contribution in [3.8, 4) is 0 Å². The number of hydrogen-bond donors (Lipinski definition) is 1. The molecule has 1 rings (SSSR count). The van der Waals surface area contributed by atoms with Crippen molar-refractivity contribution >= 4 is 11.7 Å². The van der Waals surface area contributed by atoms with Crippen LogP contribution in [0.15, 0.2) is 18.2 Å². The van der Waals surface area contributed by atoms with Crippen LogP contribution in [0.25, 0.3) is 0 Å². The Morgan fingerprint density at radius 3 is 2.58 bits per heavy atom. The van der Waals surface area contributed by atoms with Crippen LogP contribution >= 0.6 is 0 Å². The van der Waals surface area contributed by atoms with E-state index in [0.29, 0.717) is 17.8 Å². The lowest BCUT2D eigenvalue weighted by molar-refractivity contribution is 0.0597. The molecule has 0 aromatic heterocycles. The second-order valence-corrected chi connectivity index (χ2v) is 5.39. The molecule has 1 aromatic rings. The molecular weight excluding hydrogens is 240 g/mol. The maximum absolute atomic E-state index is 11.8. The molecule has 0 aliphatic heterocycles. The minimum atomic E-state index is -0.379. The Labute approximate surface area is 115 Å². The van der Waals surface area contributed by atoms with E-state index in [9.17, 15) is 4.79 Å². The number of anilines is 1. The third-order valence-corrected chi connectivity index (χ3v) is 3.88. The molecule has 1 aromatic carbocycles. The molecule has 106 valence electrons. The molecule has 0 aliphatic carbocycles. The van der Waals surface area contributed by atoms with Crippen molar-refractivity contribution in [1.82, 2.24) is 4.90 Å². The van der Waals surface area contributed by atoms with Gasteiger partial charge < -0.3 is 10.5 Å². The summed E-state index contributed by atoms with van der Waals surface area (Å²) in [5.41, 5.74) is 7.80. The van der Waals surface area contributed by atoms with Crippen LogP contribution in [-0.4, -0.2) is 30.6 Å². The molecule has 0 bridgehead atoms. The molecule has 0 saturated heterocycles. The van der Waals surface area contributed by atoms with Gasteiger partial charge in [-0.15, -0.1) is 0 Å². The average molecular weight is 264 g/mol. The standard InChI is InChI=1S/C15H24N2O2/c1-6-15(2,3)17(4)10-11-8-7-9-12(16)13(11)14(18)19-5/h7-9H,6,10,16H2,1-5H3. The number of hydrogen-bond acceptors (Lipinski definition) is 4. The molecule has 0 amide bonds. The summed E-state index contributed by atoms with van der Waals surface area (Å²) in [5, 5.41) is 0. The fraction of sp³-hybridized carbons (Fsp3) is 0.533. The summed E-state index contributed by atoms with van der Waals surface area (Å²) in [6.45, 7) is 7.17. The second-order valence-electron chi connectivity index (χ2n) is 5.39. The number of esters is 1. The molecule has 0 unspecified atom stereocenters. The smallest absolute Gasteiger partial charge is 0.340 e. The Kier molecular flexibility index (Phi) is 4.95. The topological polar surface area (TPSA) is 55.6 Å². The van der Waals surface area contributed by atoms with Crippen molar-refractivity contribution in [1.29, 1.82) is 0 Å². The van der Waals surface area contributed by atoms with E-state index >= 15 is 0 Å². The molecule has 0 atom stereocenters. The molecule has 0 spiro atoms. The first-order chi connectivity index (χ1) is 8.83. The van der Waals surface area contributed by atoms with Gasteiger partial charge in [0.25, 0.3) is 0 Å². The lowest BCUT2D eigenvalue weighted by Gasteiger charge is -2.35. The van der Waals surface area contributed by atoms with Crippen molar-refractivity contribution in [3.63, 3.8) is 0 Å². The first-order valence-corrected chi connectivity index (χ1v) is 6.50. The number of rotatable bonds is 5. The molecule has 4 nitrogen and oxygen atoms in total. The van der Waals surface area contributed by atoms with E-state index in [1.54, 1.807) is 6.07 Å². The Morgan fingerprint density at radius 1 is 1.42 bits per heavy atom. The molecule has 19 heavy (non-hydrogen) atoms. The number of nitrogens with zero attached hydrogens (tertiary/aromatic N) is 1. The number of benzene rings is 1. The molecule has 0 saturated carbocycles. The second kappa shape index (κ2) is 6.06. The summed E-state index contributed by atoms with van der Waals surface area (Å²) >= 11 is 0. The van der Waals surface area contributed by atoms with Crippen LogP contribution in [0.3, 0.4) is 0 Å². The monoisotopic (exact) mass is 264 g/mol. The average Bonchev–Trinajstić information content (AvgIpc) is 2.38. The fourth-order valence-corrected chi connectivity index (χ4v) is 1.84. The van der Waals surface area contributed by atoms with Gasteiger partial charge in [-0.1, -0.05) is 19.1 Å². The van der Waals surface area contributed by atoms with E-state index in [4.69, 9.17) is 10.5 Å².